The summed E-state index contributed by atoms with van der Waals surface area (Å²) in [7, 11) is 1.28. The number of ether oxygens (including phenoxy) is 1. The summed E-state index contributed by atoms with van der Waals surface area (Å²) in [5.74, 6) is -0.518. The molecule has 0 atom stereocenters. The Morgan fingerprint density at radius 2 is 1.58 bits per heavy atom. The van der Waals surface area contributed by atoms with Crippen molar-refractivity contribution in [2.45, 2.75) is 6.54 Å². The molecular weight excluding hydrogens is 440 g/mol. The molecule has 7 nitrogen and oxygen atoms in total. The molecule has 0 fully saturated rings. The molecule has 0 saturated heterocycles. The van der Waals surface area contributed by atoms with Crippen molar-refractivity contribution in [1.29, 1.82) is 0 Å². The van der Waals surface area contributed by atoms with Gasteiger partial charge in [-0.05, 0) is 29.8 Å². The molecule has 0 aliphatic carbocycles. The van der Waals surface area contributed by atoms with Gasteiger partial charge in [-0.1, -0.05) is 72.3 Å². The highest BCUT2D eigenvalue weighted by atomic mass is 35.5. The molecule has 8 heteroatoms. The summed E-state index contributed by atoms with van der Waals surface area (Å²) in [6.07, 6.45) is 0. The SMILES string of the molecule is COC(=O)CN(Cc1ccc(Cl)cc1)C(=O)c1nc(-c2ccccc2)n(-c2ccccc2)n1. The molecule has 0 N–H and O–H groups in total. The average molecular weight is 461 g/mol. The summed E-state index contributed by atoms with van der Waals surface area (Å²) in [6.45, 7) is -0.0653. The Balaban J connectivity index is 1.73. The summed E-state index contributed by atoms with van der Waals surface area (Å²) in [5, 5.41) is 5.09. The molecule has 0 aliphatic heterocycles. The Hall–Kier alpha value is -3.97. The Kier molecular flexibility index (Phi) is 6.80. The van der Waals surface area contributed by atoms with Gasteiger partial charge in [-0.15, -0.1) is 5.10 Å². The molecular formula is C25H21ClN4O3. The van der Waals surface area contributed by atoms with Crippen molar-refractivity contribution in [2.75, 3.05) is 13.7 Å². The van der Waals surface area contributed by atoms with Gasteiger partial charge in [0.1, 0.15) is 6.54 Å². The number of carbonyl (C=O) groups excluding carboxylic acids is 2. The van der Waals surface area contributed by atoms with E-state index in [4.69, 9.17) is 16.3 Å². The minimum Gasteiger partial charge on any atom is -0.468 e. The van der Waals surface area contributed by atoms with Crippen LogP contribution in [0.4, 0.5) is 0 Å². The second kappa shape index (κ2) is 10.1. The molecule has 1 aromatic heterocycles. The van der Waals surface area contributed by atoms with E-state index in [9.17, 15) is 9.59 Å². The van der Waals surface area contributed by atoms with Crippen LogP contribution in [-0.2, 0) is 16.1 Å². The molecule has 4 aromatic rings. The third-order valence-electron chi connectivity index (χ3n) is 4.95. The minimum absolute atomic E-state index is 0.0180. The molecule has 1 amide bonds. The number of nitrogens with zero attached hydrogens (tertiary/aromatic N) is 4. The van der Waals surface area contributed by atoms with Crippen molar-refractivity contribution in [3.05, 3.63) is 101 Å². The van der Waals surface area contributed by atoms with Gasteiger partial charge in [0, 0.05) is 17.1 Å². The largest absolute Gasteiger partial charge is 0.468 e. The molecule has 0 saturated carbocycles. The number of benzene rings is 3. The first-order valence-corrected chi connectivity index (χ1v) is 10.6. The van der Waals surface area contributed by atoms with Crippen molar-refractivity contribution >= 4 is 23.5 Å². The highest BCUT2D eigenvalue weighted by Gasteiger charge is 2.25. The predicted molar refractivity (Wildman–Crippen MR) is 125 cm³/mol. The number of hydrogen-bond acceptors (Lipinski definition) is 5. The summed E-state index contributed by atoms with van der Waals surface area (Å²) in [5.41, 5.74) is 2.38. The van der Waals surface area contributed by atoms with E-state index in [1.807, 2.05) is 60.7 Å². The van der Waals surface area contributed by atoms with E-state index >= 15 is 0 Å². The molecule has 0 spiro atoms. The lowest BCUT2D eigenvalue weighted by Crippen LogP contribution is -2.36. The van der Waals surface area contributed by atoms with E-state index < -0.39 is 11.9 Å². The number of esters is 1. The number of halogens is 1. The molecule has 0 aliphatic rings. The topological polar surface area (TPSA) is 77.3 Å². The highest BCUT2D eigenvalue weighted by Crippen LogP contribution is 2.22. The van der Waals surface area contributed by atoms with Gasteiger partial charge in [-0.25, -0.2) is 9.67 Å². The van der Waals surface area contributed by atoms with E-state index in [1.54, 1.807) is 28.9 Å². The van der Waals surface area contributed by atoms with Crippen molar-refractivity contribution in [1.82, 2.24) is 19.7 Å². The van der Waals surface area contributed by atoms with Crippen LogP contribution in [0.3, 0.4) is 0 Å². The fraction of sp³-hybridized carbons (Fsp3) is 0.120. The fourth-order valence-electron chi connectivity index (χ4n) is 3.30. The van der Waals surface area contributed by atoms with Crippen LogP contribution < -0.4 is 0 Å². The first-order valence-electron chi connectivity index (χ1n) is 10.2. The second-order valence-corrected chi connectivity index (χ2v) is 7.67. The first kappa shape index (κ1) is 22.2. The quantitative estimate of drug-likeness (QED) is 0.382. The number of methoxy groups -OCH3 is 1. The molecule has 0 unspecified atom stereocenters. The van der Waals surface area contributed by atoms with Crippen LogP contribution in [-0.4, -0.2) is 45.2 Å². The van der Waals surface area contributed by atoms with Crippen LogP contribution >= 0.6 is 11.6 Å². The molecule has 0 bridgehead atoms. The number of carbonyl (C=O) groups is 2. The zero-order chi connectivity index (χ0) is 23.2. The highest BCUT2D eigenvalue weighted by molar-refractivity contribution is 6.30. The summed E-state index contributed by atoms with van der Waals surface area (Å²) in [6, 6.07) is 26.0. The van der Waals surface area contributed by atoms with Gasteiger partial charge in [-0.2, -0.15) is 0 Å². The molecule has 166 valence electrons. The monoisotopic (exact) mass is 460 g/mol. The molecule has 1 heterocycles. The lowest BCUT2D eigenvalue weighted by Gasteiger charge is -2.20. The fourth-order valence-corrected chi connectivity index (χ4v) is 3.42. The number of hydrogen-bond donors (Lipinski definition) is 0. The van der Waals surface area contributed by atoms with E-state index in [1.165, 1.54) is 12.0 Å². The maximum Gasteiger partial charge on any atom is 0.325 e. The third-order valence-corrected chi connectivity index (χ3v) is 5.20. The van der Waals surface area contributed by atoms with Crippen molar-refractivity contribution in [2.24, 2.45) is 0 Å². The Morgan fingerprint density at radius 3 is 2.21 bits per heavy atom. The number of para-hydroxylation sites is 1. The van der Waals surface area contributed by atoms with Crippen LogP contribution in [0.1, 0.15) is 16.2 Å². The molecule has 33 heavy (non-hydrogen) atoms. The van der Waals surface area contributed by atoms with E-state index in [0.29, 0.717) is 10.8 Å². The van der Waals surface area contributed by atoms with Crippen LogP contribution in [0, 0.1) is 0 Å². The zero-order valence-electron chi connectivity index (χ0n) is 17.9. The van der Waals surface area contributed by atoms with Gasteiger partial charge in [0.15, 0.2) is 5.82 Å². The Morgan fingerprint density at radius 1 is 0.939 bits per heavy atom. The Bertz CT molecular complexity index is 1180. The van der Waals surface area contributed by atoms with Gasteiger partial charge >= 0.3 is 5.97 Å². The van der Waals surface area contributed by atoms with Crippen molar-refractivity contribution in [3.63, 3.8) is 0 Å². The number of amides is 1. The smallest absolute Gasteiger partial charge is 0.325 e. The minimum atomic E-state index is -0.539. The first-order chi connectivity index (χ1) is 16.0. The van der Waals surface area contributed by atoms with Crippen LogP contribution in [0.15, 0.2) is 84.9 Å². The maximum atomic E-state index is 13.4. The number of aromatic nitrogens is 3. The average Bonchev–Trinajstić information content (AvgIpc) is 3.31. The Labute approximate surface area is 196 Å². The molecule has 3 aromatic carbocycles. The lowest BCUT2D eigenvalue weighted by molar-refractivity contribution is -0.141. The third kappa shape index (κ3) is 5.27. The molecule has 0 radical (unpaired) electrons. The van der Waals surface area contributed by atoms with Crippen LogP contribution in [0.25, 0.3) is 17.1 Å². The van der Waals surface area contributed by atoms with E-state index in [0.717, 1.165) is 16.8 Å². The lowest BCUT2D eigenvalue weighted by atomic mass is 10.2. The van der Waals surface area contributed by atoms with Gasteiger partial charge < -0.3 is 9.64 Å². The van der Waals surface area contributed by atoms with Crippen LogP contribution in [0.5, 0.6) is 0 Å². The standard InChI is InChI=1S/C25H21ClN4O3/c1-33-22(31)17-29(16-18-12-14-20(26)15-13-18)25(32)23-27-24(19-8-4-2-5-9-19)30(28-23)21-10-6-3-7-11-21/h2-15H,16-17H2,1H3. The summed E-state index contributed by atoms with van der Waals surface area (Å²) >= 11 is 5.97. The predicted octanol–water partition coefficient (Wildman–Crippen LogP) is 4.40. The second-order valence-electron chi connectivity index (χ2n) is 7.24. The molecule has 4 rings (SSSR count). The van der Waals surface area contributed by atoms with Gasteiger partial charge in [0.25, 0.3) is 5.91 Å². The van der Waals surface area contributed by atoms with Crippen molar-refractivity contribution < 1.29 is 14.3 Å². The summed E-state index contributed by atoms with van der Waals surface area (Å²) in [4.78, 5) is 31.4. The zero-order valence-corrected chi connectivity index (χ0v) is 18.6. The van der Waals surface area contributed by atoms with E-state index in [2.05, 4.69) is 10.1 Å². The van der Waals surface area contributed by atoms with Gasteiger partial charge in [0.05, 0.1) is 12.8 Å². The van der Waals surface area contributed by atoms with Gasteiger partial charge in [0.2, 0.25) is 5.82 Å². The summed E-state index contributed by atoms with van der Waals surface area (Å²) < 4.78 is 6.42. The van der Waals surface area contributed by atoms with E-state index in [-0.39, 0.29) is 18.9 Å². The normalized spacial score (nSPS) is 10.6. The number of rotatable bonds is 7. The van der Waals surface area contributed by atoms with Gasteiger partial charge in [-0.3, -0.25) is 9.59 Å². The van der Waals surface area contributed by atoms with Crippen LogP contribution in [0.2, 0.25) is 5.02 Å². The maximum absolute atomic E-state index is 13.4. The van der Waals surface area contributed by atoms with Crippen molar-refractivity contribution in [3.8, 4) is 17.1 Å².